The number of piperidine rings is 1. The van der Waals surface area contributed by atoms with Gasteiger partial charge in [-0.25, -0.2) is 9.48 Å². The number of aryl methyl sites for hydroxylation is 1. The molecule has 1 aromatic rings. The van der Waals surface area contributed by atoms with E-state index in [1.807, 2.05) is 0 Å². The van der Waals surface area contributed by atoms with Crippen LogP contribution in [0.5, 0.6) is 0 Å². The number of fused-ring (bicyclic) bond motifs is 1. The summed E-state index contributed by atoms with van der Waals surface area (Å²) >= 11 is 0. The molecule has 0 saturated carbocycles. The molecule has 114 valence electrons. The lowest BCUT2D eigenvalue weighted by molar-refractivity contribution is -0.135. The Kier molecular flexibility index (Phi) is 3.90. The summed E-state index contributed by atoms with van der Waals surface area (Å²) < 4.78 is 2.97. The van der Waals surface area contributed by atoms with Crippen molar-refractivity contribution in [2.75, 3.05) is 13.1 Å². The van der Waals surface area contributed by atoms with Gasteiger partial charge >= 0.3 is 5.69 Å². The summed E-state index contributed by atoms with van der Waals surface area (Å²) in [6.07, 6.45) is 4.78. The van der Waals surface area contributed by atoms with Gasteiger partial charge in [-0.15, -0.1) is 0 Å². The topological polar surface area (TPSA) is 77.2 Å². The zero-order valence-electron chi connectivity index (χ0n) is 12.1. The third-order valence-corrected chi connectivity index (χ3v) is 4.24. The van der Waals surface area contributed by atoms with Crippen LogP contribution >= 0.6 is 0 Å². The summed E-state index contributed by atoms with van der Waals surface area (Å²) in [7, 11) is 0. The molecule has 0 radical (unpaired) electrons. The number of nitrogens with zero attached hydrogens (tertiary/aromatic N) is 4. The van der Waals surface area contributed by atoms with Crippen molar-refractivity contribution in [2.45, 2.75) is 51.6 Å². The van der Waals surface area contributed by atoms with E-state index in [0.717, 1.165) is 31.5 Å². The van der Waals surface area contributed by atoms with Gasteiger partial charge in [-0.3, -0.25) is 14.2 Å². The van der Waals surface area contributed by atoms with E-state index in [-0.39, 0.29) is 23.9 Å². The quantitative estimate of drug-likeness (QED) is 0.766. The molecule has 0 aliphatic carbocycles. The second-order valence-corrected chi connectivity index (χ2v) is 5.74. The average molecular weight is 292 g/mol. The van der Waals surface area contributed by atoms with Crippen molar-refractivity contribution in [2.24, 2.45) is 0 Å². The molecule has 1 saturated heterocycles. The van der Waals surface area contributed by atoms with Crippen LogP contribution in [0.4, 0.5) is 0 Å². The number of likely N-dealkylation sites (tertiary alicyclic amines) is 1. The van der Waals surface area contributed by atoms with Gasteiger partial charge in [0.1, 0.15) is 18.2 Å². The summed E-state index contributed by atoms with van der Waals surface area (Å²) in [6.45, 7) is 1.59. The van der Waals surface area contributed by atoms with E-state index in [4.69, 9.17) is 0 Å². The second-order valence-electron chi connectivity index (χ2n) is 5.74. The third-order valence-electron chi connectivity index (χ3n) is 4.24. The van der Waals surface area contributed by atoms with Crippen molar-refractivity contribution < 1.29 is 9.59 Å². The van der Waals surface area contributed by atoms with Gasteiger partial charge in [-0.2, -0.15) is 5.10 Å². The van der Waals surface area contributed by atoms with E-state index in [1.165, 1.54) is 4.68 Å². The number of carbonyl (C=O) groups is 2. The number of aromatic nitrogens is 3. The maximum atomic E-state index is 12.3. The van der Waals surface area contributed by atoms with E-state index in [0.29, 0.717) is 32.5 Å². The Labute approximate surface area is 122 Å². The van der Waals surface area contributed by atoms with Crippen molar-refractivity contribution in [3.8, 4) is 0 Å². The van der Waals surface area contributed by atoms with Crippen molar-refractivity contribution in [3.05, 3.63) is 16.3 Å². The fourth-order valence-electron chi connectivity index (χ4n) is 2.96. The first-order chi connectivity index (χ1) is 10.1. The monoisotopic (exact) mass is 292 g/mol. The maximum Gasteiger partial charge on any atom is 0.346 e. The molecular weight excluding hydrogens is 272 g/mol. The minimum absolute atomic E-state index is 0.0208. The molecule has 7 heteroatoms. The number of carbonyl (C=O) groups excluding carboxylic acids is 2. The molecule has 0 aromatic carbocycles. The first kappa shape index (κ1) is 14.0. The van der Waals surface area contributed by atoms with Crippen LogP contribution in [0.25, 0.3) is 0 Å². The van der Waals surface area contributed by atoms with Gasteiger partial charge in [0.2, 0.25) is 5.91 Å². The maximum absolute atomic E-state index is 12.3. The van der Waals surface area contributed by atoms with E-state index in [9.17, 15) is 14.4 Å². The summed E-state index contributed by atoms with van der Waals surface area (Å²) in [5, 5.41) is 4.31. The SMILES string of the molecule is O=C1CCN(C(=O)Cn2nc3n(c2=O)CCCCC3)CC1. The molecule has 0 spiro atoms. The van der Waals surface area contributed by atoms with Gasteiger partial charge in [0, 0.05) is 38.9 Å². The molecule has 1 amide bonds. The first-order valence-electron chi connectivity index (χ1n) is 7.61. The molecule has 2 aliphatic rings. The zero-order chi connectivity index (χ0) is 14.8. The van der Waals surface area contributed by atoms with Gasteiger partial charge in [0.25, 0.3) is 0 Å². The minimum atomic E-state index is -0.187. The van der Waals surface area contributed by atoms with Crippen molar-refractivity contribution in [3.63, 3.8) is 0 Å². The highest BCUT2D eigenvalue weighted by atomic mass is 16.2. The van der Waals surface area contributed by atoms with Crippen LogP contribution in [0.2, 0.25) is 0 Å². The van der Waals surface area contributed by atoms with Crippen molar-refractivity contribution >= 4 is 11.7 Å². The highest BCUT2D eigenvalue weighted by molar-refractivity contribution is 5.83. The number of hydrogen-bond donors (Lipinski definition) is 0. The molecule has 1 aromatic heterocycles. The Morgan fingerprint density at radius 2 is 1.76 bits per heavy atom. The van der Waals surface area contributed by atoms with Crippen molar-refractivity contribution in [1.29, 1.82) is 0 Å². The summed E-state index contributed by atoms with van der Waals surface area (Å²) in [5.41, 5.74) is -0.187. The average Bonchev–Trinajstić information content (AvgIpc) is 2.66. The predicted octanol–water partition coefficient (Wildman–Crippen LogP) is -0.0373. The number of rotatable bonds is 2. The van der Waals surface area contributed by atoms with Gasteiger partial charge in [-0.1, -0.05) is 6.42 Å². The smallest absolute Gasteiger partial charge is 0.340 e. The Balaban J connectivity index is 1.72. The largest absolute Gasteiger partial charge is 0.346 e. The second kappa shape index (κ2) is 5.83. The van der Waals surface area contributed by atoms with Crippen LogP contribution in [-0.2, 0) is 29.1 Å². The highest BCUT2D eigenvalue weighted by Gasteiger charge is 2.23. The first-order valence-corrected chi connectivity index (χ1v) is 7.61. The van der Waals surface area contributed by atoms with Gasteiger partial charge < -0.3 is 4.90 Å². The normalized spacial score (nSPS) is 19.2. The van der Waals surface area contributed by atoms with E-state index in [2.05, 4.69) is 5.10 Å². The lowest BCUT2D eigenvalue weighted by atomic mass is 10.1. The molecule has 0 atom stereocenters. The Hall–Kier alpha value is -1.92. The fourth-order valence-corrected chi connectivity index (χ4v) is 2.96. The Morgan fingerprint density at radius 1 is 1.00 bits per heavy atom. The van der Waals surface area contributed by atoms with E-state index in [1.54, 1.807) is 9.47 Å². The third kappa shape index (κ3) is 2.91. The van der Waals surface area contributed by atoms with Crippen molar-refractivity contribution in [1.82, 2.24) is 19.2 Å². The summed E-state index contributed by atoms with van der Waals surface area (Å²) in [6, 6.07) is 0. The number of ketones is 1. The molecule has 7 nitrogen and oxygen atoms in total. The van der Waals surface area contributed by atoms with Crippen LogP contribution < -0.4 is 5.69 Å². The molecular formula is C14H20N4O3. The minimum Gasteiger partial charge on any atom is -0.340 e. The summed E-state index contributed by atoms with van der Waals surface area (Å²) in [5.74, 6) is 0.863. The fraction of sp³-hybridized carbons (Fsp3) is 0.714. The van der Waals surface area contributed by atoms with Crippen LogP contribution in [0, 0.1) is 0 Å². The molecule has 0 N–H and O–H groups in total. The Bertz CT molecular complexity index is 606. The van der Waals surface area contributed by atoms with Gasteiger partial charge in [0.05, 0.1) is 0 Å². The number of Topliss-reactive ketones (excluding diaryl/α,β-unsaturated/α-hetero) is 1. The van der Waals surface area contributed by atoms with E-state index >= 15 is 0 Å². The van der Waals surface area contributed by atoms with Crippen LogP contribution in [-0.4, -0.2) is 44.0 Å². The van der Waals surface area contributed by atoms with E-state index < -0.39 is 0 Å². The summed E-state index contributed by atoms with van der Waals surface area (Å²) in [4.78, 5) is 37.3. The zero-order valence-corrected chi connectivity index (χ0v) is 12.1. The van der Waals surface area contributed by atoms with Crippen LogP contribution in [0.3, 0.4) is 0 Å². The number of amides is 1. The molecule has 1 fully saturated rings. The highest BCUT2D eigenvalue weighted by Crippen LogP contribution is 2.11. The predicted molar refractivity (Wildman–Crippen MR) is 74.9 cm³/mol. The van der Waals surface area contributed by atoms with Crippen LogP contribution in [0.1, 0.15) is 37.9 Å². The van der Waals surface area contributed by atoms with Gasteiger partial charge in [0.15, 0.2) is 0 Å². The Morgan fingerprint density at radius 3 is 2.52 bits per heavy atom. The molecule has 0 unspecified atom stereocenters. The lowest BCUT2D eigenvalue weighted by Crippen LogP contribution is -2.42. The molecule has 3 rings (SSSR count). The molecule has 21 heavy (non-hydrogen) atoms. The molecule has 0 bridgehead atoms. The standard InChI is InChI=1S/C14H20N4O3/c19-11-5-8-16(9-6-11)13(20)10-18-14(21)17-7-3-1-2-4-12(17)15-18/h1-10H2. The number of hydrogen-bond acceptors (Lipinski definition) is 4. The van der Waals surface area contributed by atoms with Gasteiger partial charge in [-0.05, 0) is 12.8 Å². The molecule has 2 aliphatic heterocycles. The lowest BCUT2D eigenvalue weighted by Gasteiger charge is -2.25. The molecule has 3 heterocycles. The van der Waals surface area contributed by atoms with Crippen LogP contribution in [0.15, 0.2) is 4.79 Å².